The number of nitrogens with zero attached hydrogens (tertiary/aromatic N) is 1. The molecule has 1 aliphatic heterocycles. The van der Waals surface area contributed by atoms with Crippen molar-refractivity contribution in [2.45, 2.75) is 37.9 Å². The van der Waals surface area contributed by atoms with Gasteiger partial charge in [0.05, 0.1) is 6.61 Å². The maximum absolute atomic E-state index is 13.6. The van der Waals surface area contributed by atoms with E-state index in [4.69, 9.17) is 14.2 Å². The van der Waals surface area contributed by atoms with Crippen LogP contribution in [0, 0.1) is 0 Å². The Hall–Kier alpha value is -3.57. The van der Waals surface area contributed by atoms with Gasteiger partial charge >= 0.3 is 17.6 Å². The van der Waals surface area contributed by atoms with E-state index in [1.807, 2.05) is 0 Å². The summed E-state index contributed by atoms with van der Waals surface area (Å²) >= 11 is 0. The van der Waals surface area contributed by atoms with Crippen molar-refractivity contribution in [2.75, 3.05) is 11.9 Å². The highest BCUT2D eigenvalue weighted by molar-refractivity contribution is 6.05. The molecule has 3 rings (SSSR count). The first-order chi connectivity index (χ1) is 14.8. The van der Waals surface area contributed by atoms with Gasteiger partial charge in [-0.1, -0.05) is 30.3 Å². The van der Waals surface area contributed by atoms with Gasteiger partial charge in [-0.15, -0.1) is 0 Å². The summed E-state index contributed by atoms with van der Waals surface area (Å²) in [6, 6.07) is 9.33. The SMILES string of the molecule is CC(=O)O[C@@H]1[C@@H](CO)OC(Nc2cc[nH]c(=O)n2)(C(=O)c2ccccc2)[C@H]1OC(C)=O. The van der Waals surface area contributed by atoms with Crippen LogP contribution in [0.3, 0.4) is 0 Å². The fourth-order valence-corrected chi connectivity index (χ4v) is 3.37. The van der Waals surface area contributed by atoms with Gasteiger partial charge in [-0.3, -0.25) is 14.4 Å². The number of hydrogen-bond donors (Lipinski definition) is 3. The number of benzene rings is 1. The van der Waals surface area contributed by atoms with E-state index in [2.05, 4.69) is 15.3 Å². The zero-order chi connectivity index (χ0) is 22.6. The molecule has 1 aromatic carbocycles. The van der Waals surface area contributed by atoms with E-state index in [1.54, 1.807) is 18.2 Å². The second-order valence-corrected chi connectivity index (χ2v) is 6.78. The number of aliphatic hydroxyl groups excluding tert-OH is 1. The summed E-state index contributed by atoms with van der Waals surface area (Å²) in [4.78, 5) is 55.0. The van der Waals surface area contributed by atoms with Crippen molar-refractivity contribution in [1.82, 2.24) is 9.97 Å². The number of H-pyrrole nitrogens is 1. The Morgan fingerprint density at radius 2 is 1.84 bits per heavy atom. The highest BCUT2D eigenvalue weighted by Crippen LogP contribution is 2.38. The number of Topliss-reactive ketones (excluding diaryl/α,β-unsaturated/α-hetero) is 1. The Balaban J connectivity index is 2.17. The number of anilines is 1. The van der Waals surface area contributed by atoms with Crippen molar-refractivity contribution in [3.63, 3.8) is 0 Å². The van der Waals surface area contributed by atoms with Crippen molar-refractivity contribution >= 4 is 23.5 Å². The Labute approximate surface area is 176 Å². The molecule has 2 aromatic rings. The molecule has 164 valence electrons. The van der Waals surface area contributed by atoms with Crippen LogP contribution in [-0.4, -0.2) is 63.4 Å². The van der Waals surface area contributed by atoms with Crippen molar-refractivity contribution < 1.29 is 33.7 Å². The summed E-state index contributed by atoms with van der Waals surface area (Å²) < 4.78 is 16.5. The summed E-state index contributed by atoms with van der Waals surface area (Å²) in [7, 11) is 0. The van der Waals surface area contributed by atoms with Crippen LogP contribution < -0.4 is 11.0 Å². The fourth-order valence-electron chi connectivity index (χ4n) is 3.37. The molecule has 31 heavy (non-hydrogen) atoms. The van der Waals surface area contributed by atoms with Crippen LogP contribution in [0.5, 0.6) is 0 Å². The molecule has 1 aliphatic rings. The van der Waals surface area contributed by atoms with Crippen LogP contribution in [0.15, 0.2) is 47.4 Å². The zero-order valence-corrected chi connectivity index (χ0v) is 16.7. The lowest BCUT2D eigenvalue weighted by atomic mass is 9.93. The Bertz CT molecular complexity index is 1020. The van der Waals surface area contributed by atoms with Crippen LogP contribution in [-0.2, 0) is 23.8 Å². The van der Waals surface area contributed by atoms with Gasteiger partial charge < -0.3 is 29.6 Å². The van der Waals surface area contributed by atoms with E-state index >= 15 is 0 Å². The average Bonchev–Trinajstić information content (AvgIpc) is 3.00. The number of carbonyl (C=O) groups is 3. The molecule has 0 amide bonds. The van der Waals surface area contributed by atoms with Crippen LogP contribution in [0.4, 0.5) is 5.82 Å². The molecular weight excluding hydrogens is 410 g/mol. The van der Waals surface area contributed by atoms with Gasteiger partial charge in [0, 0.05) is 25.6 Å². The van der Waals surface area contributed by atoms with Crippen LogP contribution in [0.2, 0.25) is 0 Å². The molecule has 0 saturated carbocycles. The first-order valence-electron chi connectivity index (χ1n) is 9.33. The van der Waals surface area contributed by atoms with Crippen molar-refractivity contribution in [2.24, 2.45) is 0 Å². The first-order valence-corrected chi connectivity index (χ1v) is 9.33. The molecule has 1 fully saturated rings. The van der Waals surface area contributed by atoms with Gasteiger partial charge in [0.25, 0.3) is 0 Å². The van der Waals surface area contributed by atoms with E-state index in [0.29, 0.717) is 0 Å². The molecule has 3 N–H and O–H groups in total. The third kappa shape index (κ3) is 4.62. The predicted octanol–water partition coefficient (Wildman–Crippen LogP) is 0.0155. The van der Waals surface area contributed by atoms with Gasteiger partial charge in [-0.2, -0.15) is 4.98 Å². The summed E-state index contributed by atoms with van der Waals surface area (Å²) in [6.07, 6.45) is -2.73. The number of aromatic amines is 1. The van der Waals surface area contributed by atoms with E-state index in [1.165, 1.54) is 24.4 Å². The molecule has 0 aliphatic carbocycles. The van der Waals surface area contributed by atoms with Gasteiger partial charge in [0.15, 0.2) is 12.2 Å². The van der Waals surface area contributed by atoms with Crippen LogP contribution >= 0.6 is 0 Å². The minimum absolute atomic E-state index is 0.0645. The number of aliphatic hydroxyl groups is 1. The Morgan fingerprint density at radius 3 is 2.42 bits per heavy atom. The van der Waals surface area contributed by atoms with E-state index in [-0.39, 0.29) is 11.4 Å². The van der Waals surface area contributed by atoms with Gasteiger partial charge in [0.2, 0.25) is 11.5 Å². The normalized spacial score (nSPS) is 24.9. The Kier molecular flexibility index (Phi) is 6.47. The number of ketones is 1. The van der Waals surface area contributed by atoms with Gasteiger partial charge in [-0.25, -0.2) is 4.79 Å². The highest BCUT2D eigenvalue weighted by Gasteiger charge is 2.63. The Morgan fingerprint density at radius 1 is 1.16 bits per heavy atom. The van der Waals surface area contributed by atoms with Gasteiger partial charge in [-0.05, 0) is 6.07 Å². The van der Waals surface area contributed by atoms with E-state index in [0.717, 1.165) is 13.8 Å². The number of rotatable bonds is 7. The number of carbonyl (C=O) groups excluding carboxylic acids is 3. The van der Waals surface area contributed by atoms with Crippen molar-refractivity contribution in [3.05, 3.63) is 58.6 Å². The molecule has 0 spiro atoms. The number of ether oxygens (including phenoxy) is 3. The minimum atomic E-state index is -2.15. The third-order valence-corrected chi connectivity index (χ3v) is 4.53. The maximum Gasteiger partial charge on any atom is 0.346 e. The first kappa shape index (κ1) is 22.1. The third-order valence-electron chi connectivity index (χ3n) is 4.53. The molecule has 0 bridgehead atoms. The van der Waals surface area contributed by atoms with Gasteiger partial charge in [0.1, 0.15) is 11.9 Å². The largest absolute Gasteiger partial charge is 0.455 e. The quantitative estimate of drug-likeness (QED) is 0.403. The summed E-state index contributed by atoms with van der Waals surface area (Å²) in [5.41, 5.74) is -2.68. The average molecular weight is 431 g/mol. The smallest absolute Gasteiger partial charge is 0.346 e. The standard InChI is InChI=1S/C20H21N3O8/c1-11(25)29-16-14(10-24)31-20(18(16)30-12(2)26,17(27)13-6-4-3-5-7-13)23-15-8-9-21-19(28)22-15/h3-9,14,16,18,24H,10H2,1-2H3,(H2,21,22,23,28)/t14-,16-,18+,20?/m1/s1. The highest BCUT2D eigenvalue weighted by atomic mass is 16.7. The van der Waals surface area contributed by atoms with Crippen LogP contribution in [0.1, 0.15) is 24.2 Å². The molecule has 1 saturated heterocycles. The maximum atomic E-state index is 13.6. The summed E-state index contributed by atoms with van der Waals surface area (Å²) in [6.45, 7) is 1.59. The summed E-state index contributed by atoms with van der Waals surface area (Å²) in [5.74, 6) is -2.27. The zero-order valence-electron chi connectivity index (χ0n) is 16.7. The topological polar surface area (TPSA) is 157 Å². The van der Waals surface area contributed by atoms with Crippen molar-refractivity contribution in [1.29, 1.82) is 0 Å². The fraction of sp³-hybridized carbons (Fsp3) is 0.350. The lowest BCUT2D eigenvalue weighted by molar-refractivity contribution is -0.165. The van der Waals surface area contributed by atoms with Crippen LogP contribution in [0.25, 0.3) is 0 Å². The molecule has 11 heteroatoms. The molecule has 4 atom stereocenters. The number of hydrogen-bond acceptors (Lipinski definition) is 10. The molecule has 0 radical (unpaired) electrons. The molecule has 2 heterocycles. The monoisotopic (exact) mass is 431 g/mol. The lowest BCUT2D eigenvalue weighted by Crippen LogP contribution is -2.58. The molecule has 11 nitrogen and oxygen atoms in total. The van der Waals surface area contributed by atoms with E-state index < -0.39 is 54.1 Å². The molecule has 1 aromatic heterocycles. The van der Waals surface area contributed by atoms with E-state index in [9.17, 15) is 24.3 Å². The number of esters is 2. The lowest BCUT2D eigenvalue weighted by Gasteiger charge is -2.34. The molecule has 1 unspecified atom stereocenters. The second kappa shape index (κ2) is 9.06. The minimum Gasteiger partial charge on any atom is -0.455 e. The number of nitrogens with one attached hydrogen (secondary N) is 2. The second-order valence-electron chi connectivity index (χ2n) is 6.78. The molecular formula is C20H21N3O8. The summed E-state index contributed by atoms with van der Waals surface area (Å²) in [5, 5.41) is 12.6. The predicted molar refractivity (Wildman–Crippen MR) is 105 cm³/mol. The van der Waals surface area contributed by atoms with Crippen molar-refractivity contribution in [3.8, 4) is 0 Å². The number of aromatic nitrogens is 2.